The molecule has 3 rings (SSSR count). The van der Waals surface area contributed by atoms with Crippen LogP contribution in [0.25, 0.3) is 0 Å². The van der Waals surface area contributed by atoms with Crippen LogP contribution in [0.1, 0.15) is 29.7 Å². The van der Waals surface area contributed by atoms with E-state index in [0.29, 0.717) is 37.7 Å². The molecule has 0 aromatic heterocycles. The lowest BCUT2D eigenvalue weighted by molar-refractivity contribution is 0.193. The molecular formula is C26H30FN3O3. The molecule has 0 aliphatic rings. The van der Waals surface area contributed by atoms with Crippen LogP contribution < -0.4 is 20.5 Å². The number of halogens is 1. The molecule has 3 aromatic rings. The molecule has 33 heavy (non-hydrogen) atoms. The molecule has 3 N–H and O–H groups in total. The summed E-state index contributed by atoms with van der Waals surface area (Å²) in [5.74, 6) is 0.910. The number of amides is 2. The van der Waals surface area contributed by atoms with Gasteiger partial charge in [0.1, 0.15) is 12.4 Å². The molecule has 0 fully saturated rings. The monoisotopic (exact) mass is 451 g/mol. The quantitative estimate of drug-likeness (QED) is 0.471. The van der Waals surface area contributed by atoms with Crippen LogP contribution in [0.4, 0.5) is 9.18 Å². The van der Waals surface area contributed by atoms with Gasteiger partial charge in [-0.2, -0.15) is 0 Å². The van der Waals surface area contributed by atoms with E-state index in [4.69, 9.17) is 15.2 Å². The van der Waals surface area contributed by atoms with Crippen molar-refractivity contribution in [3.63, 3.8) is 0 Å². The molecule has 0 heterocycles. The lowest BCUT2D eigenvalue weighted by atomic mass is 10.1. The number of nitrogens with two attached hydrogens (primary N) is 1. The summed E-state index contributed by atoms with van der Waals surface area (Å²) in [4.78, 5) is 14.5. The van der Waals surface area contributed by atoms with Gasteiger partial charge in [-0.15, -0.1) is 0 Å². The second kappa shape index (κ2) is 11.9. The fourth-order valence-corrected chi connectivity index (χ4v) is 3.40. The van der Waals surface area contributed by atoms with Crippen molar-refractivity contribution >= 4 is 6.03 Å². The largest absolute Gasteiger partial charge is 0.493 e. The van der Waals surface area contributed by atoms with E-state index in [-0.39, 0.29) is 17.9 Å². The molecule has 6 nitrogen and oxygen atoms in total. The van der Waals surface area contributed by atoms with E-state index < -0.39 is 0 Å². The number of hydrogen-bond acceptors (Lipinski definition) is 4. The van der Waals surface area contributed by atoms with Gasteiger partial charge in [0.25, 0.3) is 0 Å². The molecule has 7 heteroatoms. The Morgan fingerprint density at radius 3 is 2.42 bits per heavy atom. The number of urea groups is 1. The number of benzene rings is 3. The summed E-state index contributed by atoms with van der Waals surface area (Å²) in [6, 6.07) is 21.0. The van der Waals surface area contributed by atoms with Gasteiger partial charge in [0.05, 0.1) is 13.2 Å². The first kappa shape index (κ1) is 24.1. The summed E-state index contributed by atoms with van der Waals surface area (Å²) in [6.07, 6.45) is 0. The average molecular weight is 452 g/mol. The fourth-order valence-electron chi connectivity index (χ4n) is 3.40. The van der Waals surface area contributed by atoms with Gasteiger partial charge >= 0.3 is 6.03 Å². The zero-order chi connectivity index (χ0) is 23.6. The van der Waals surface area contributed by atoms with Crippen LogP contribution in [0.3, 0.4) is 0 Å². The van der Waals surface area contributed by atoms with Gasteiger partial charge in [-0.3, -0.25) is 0 Å². The zero-order valence-electron chi connectivity index (χ0n) is 19.0. The Bertz CT molecular complexity index is 1030. The van der Waals surface area contributed by atoms with Crippen molar-refractivity contribution in [3.8, 4) is 11.5 Å². The van der Waals surface area contributed by atoms with Crippen molar-refractivity contribution in [2.24, 2.45) is 5.73 Å². The Hall–Kier alpha value is -3.58. The second-order valence-electron chi connectivity index (χ2n) is 7.69. The van der Waals surface area contributed by atoms with Crippen LogP contribution in [-0.4, -0.2) is 31.1 Å². The van der Waals surface area contributed by atoms with Gasteiger partial charge in [-0.05, 0) is 47.9 Å². The standard InChI is InChI=1S/C26H30FN3O3/c1-19(22-9-11-23(27)12-10-22)29-26(31)30(15-14-28)17-21-8-13-24(25(16-21)32-2)33-18-20-6-4-3-5-7-20/h3-13,16,19H,14-15,17-18,28H2,1-2H3,(H,29,31). The summed E-state index contributed by atoms with van der Waals surface area (Å²) in [5, 5.41) is 2.95. The van der Waals surface area contributed by atoms with Crippen LogP contribution >= 0.6 is 0 Å². The van der Waals surface area contributed by atoms with E-state index in [1.807, 2.05) is 55.5 Å². The Labute approximate surface area is 194 Å². The minimum atomic E-state index is -0.313. The first-order valence-electron chi connectivity index (χ1n) is 10.8. The molecule has 0 aliphatic carbocycles. The highest BCUT2D eigenvalue weighted by molar-refractivity contribution is 5.74. The third kappa shape index (κ3) is 6.95. The van der Waals surface area contributed by atoms with E-state index in [0.717, 1.165) is 16.7 Å². The van der Waals surface area contributed by atoms with E-state index in [2.05, 4.69) is 5.32 Å². The molecule has 0 radical (unpaired) electrons. The lowest BCUT2D eigenvalue weighted by Gasteiger charge is -2.25. The highest BCUT2D eigenvalue weighted by Crippen LogP contribution is 2.29. The van der Waals surface area contributed by atoms with E-state index in [1.165, 1.54) is 12.1 Å². The number of rotatable bonds is 10. The number of hydrogen-bond donors (Lipinski definition) is 2. The Morgan fingerprint density at radius 2 is 1.76 bits per heavy atom. The van der Waals surface area contributed by atoms with Crippen molar-refractivity contribution in [2.75, 3.05) is 20.2 Å². The lowest BCUT2D eigenvalue weighted by Crippen LogP contribution is -2.42. The normalized spacial score (nSPS) is 11.5. The maximum atomic E-state index is 13.2. The molecule has 2 amide bonds. The molecule has 174 valence electrons. The van der Waals surface area contributed by atoms with Gasteiger partial charge < -0.3 is 25.4 Å². The Kier molecular flexibility index (Phi) is 8.66. The van der Waals surface area contributed by atoms with E-state index in [1.54, 1.807) is 24.1 Å². The van der Waals surface area contributed by atoms with Crippen molar-refractivity contribution in [1.82, 2.24) is 10.2 Å². The molecule has 0 spiro atoms. The molecule has 1 unspecified atom stereocenters. The maximum absolute atomic E-state index is 13.2. The Balaban J connectivity index is 1.66. The van der Waals surface area contributed by atoms with Gasteiger partial charge in [-0.1, -0.05) is 48.5 Å². The number of methoxy groups -OCH3 is 1. The first-order valence-corrected chi connectivity index (χ1v) is 10.8. The first-order chi connectivity index (χ1) is 16.0. The van der Waals surface area contributed by atoms with Gasteiger partial charge in [-0.25, -0.2) is 9.18 Å². The molecule has 1 atom stereocenters. The predicted octanol–water partition coefficient (Wildman–Crippen LogP) is 4.64. The summed E-state index contributed by atoms with van der Waals surface area (Å²) >= 11 is 0. The van der Waals surface area contributed by atoms with Crippen molar-refractivity contribution in [3.05, 3.63) is 95.3 Å². The summed E-state index contributed by atoms with van der Waals surface area (Å²) < 4.78 is 24.6. The van der Waals surface area contributed by atoms with Gasteiger partial charge in [0.2, 0.25) is 0 Å². The van der Waals surface area contributed by atoms with Crippen molar-refractivity contribution in [1.29, 1.82) is 0 Å². The Morgan fingerprint density at radius 1 is 1.03 bits per heavy atom. The number of nitrogens with one attached hydrogen (secondary N) is 1. The second-order valence-corrected chi connectivity index (χ2v) is 7.69. The average Bonchev–Trinajstić information content (AvgIpc) is 2.83. The number of ether oxygens (including phenoxy) is 2. The third-order valence-corrected chi connectivity index (χ3v) is 5.23. The third-order valence-electron chi connectivity index (χ3n) is 5.23. The van der Waals surface area contributed by atoms with Crippen molar-refractivity contribution in [2.45, 2.75) is 26.1 Å². The van der Waals surface area contributed by atoms with Crippen LogP contribution in [-0.2, 0) is 13.2 Å². The van der Waals surface area contributed by atoms with Crippen LogP contribution in [0.2, 0.25) is 0 Å². The number of carbonyl (C=O) groups excluding carboxylic acids is 1. The fraction of sp³-hybridized carbons (Fsp3) is 0.269. The summed E-state index contributed by atoms with van der Waals surface area (Å²) in [6.45, 7) is 3.35. The zero-order valence-corrected chi connectivity index (χ0v) is 19.0. The molecular weight excluding hydrogens is 421 g/mol. The summed E-state index contributed by atoms with van der Waals surface area (Å²) in [7, 11) is 1.59. The minimum Gasteiger partial charge on any atom is -0.493 e. The SMILES string of the molecule is COc1cc(CN(CCN)C(=O)NC(C)c2ccc(F)cc2)ccc1OCc1ccccc1. The van der Waals surface area contributed by atoms with Gasteiger partial charge in [0.15, 0.2) is 11.5 Å². The van der Waals surface area contributed by atoms with Crippen molar-refractivity contribution < 1.29 is 18.7 Å². The molecule has 0 aliphatic heterocycles. The van der Waals surface area contributed by atoms with Crippen LogP contribution in [0.15, 0.2) is 72.8 Å². The predicted molar refractivity (Wildman–Crippen MR) is 127 cm³/mol. The molecule has 0 bridgehead atoms. The number of nitrogens with zero attached hydrogens (tertiary/aromatic N) is 1. The molecule has 3 aromatic carbocycles. The molecule has 0 saturated carbocycles. The minimum absolute atomic E-state index is 0.249. The van der Waals surface area contributed by atoms with E-state index >= 15 is 0 Å². The van der Waals surface area contributed by atoms with Crippen LogP contribution in [0, 0.1) is 5.82 Å². The molecule has 0 saturated heterocycles. The highest BCUT2D eigenvalue weighted by Gasteiger charge is 2.18. The van der Waals surface area contributed by atoms with Gasteiger partial charge in [0, 0.05) is 19.6 Å². The van der Waals surface area contributed by atoms with Crippen LogP contribution in [0.5, 0.6) is 11.5 Å². The smallest absolute Gasteiger partial charge is 0.318 e. The maximum Gasteiger partial charge on any atom is 0.318 e. The van der Waals surface area contributed by atoms with E-state index in [9.17, 15) is 9.18 Å². The summed E-state index contributed by atoms with van der Waals surface area (Å²) in [5.41, 5.74) is 8.51. The highest BCUT2D eigenvalue weighted by atomic mass is 19.1. The topological polar surface area (TPSA) is 76.8 Å². The number of carbonyl (C=O) groups is 1.